The van der Waals surface area contributed by atoms with Crippen molar-refractivity contribution in [3.05, 3.63) is 47.5 Å². The summed E-state index contributed by atoms with van der Waals surface area (Å²) in [6.45, 7) is 0. The van der Waals surface area contributed by atoms with Crippen molar-refractivity contribution in [2.75, 3.05) is 7.05 Å². The van der Waals surface area contributed by atoms with E-state index in [1.165, 1.54) is 0 Å². The van der Waals surface area contributed by atoms with Crippen molar-refractivity contribution in [3.63, 3.8) is 0 Å². The van der Waals surface area contributed by atoms with Gasteiger partial charge in [-0.2, -0.15) is 0 Å². The van der Waals surface area contributed by atoms with E-state index in [4.69, 9.17) is 10.8 Å². The highest BCUT2D eigenvalue weighted by Crippen LogP contribution is 2.29. The van der Waals surface area contributed by atoms with Crippen LogP contribution in [0, 0.1) is 0 Å². The van der Waals surface area contributed by atoms with Crippen molar-refractivity contribution >= 4 is 22.7 Å². The lowest BCUT2D eigenvalue weighted by molar-refractivity contribution is -0.140. The van der Waals surface area contributed by atoms with Crippen LogP contribution in [0.1, 0.15) is 23.2 Å². The lowest BCUT2D eigenvalue weighted by atomic mass is 9.93. The molecule has 6 heteroatoms. The van der Waals surface area contributed by atoms with E-state index in [2.05, 4.69) is 5.32 Å². The molecule has 2 atom stereocenters. The lowest BCUT2D eigenvalue weighted by Crippen LogP contribution is -2.25. The fourth-order valence-corrected chi connectivity index (χ4v) is 2.43. The number of nitrogens with one attached hydrogen (secondary N) is 1. The molecule has 0 aromatic heterocycles. The number of hydrogen-bond donors (Lipinski definition) is 4. The minimum atomic E-state index is -1.15. The van der Waals surface area contributed by atoms with Gasteiger partial charge in [0.1, 0.15) is 12.1 Å². The van der Waals surface area contributed by atoms with E-state index in [0.717, 1.165) is 0 Å². The van der Waals surface area contributed by atoms with E-state index in [9.17, 15) is 14.7 Å². The number of carboxylic acids is 2. The molecule has 2 aromatic rings. The zero-order valence-corrected chi connectivity index (χ0v) is 11.4. The Hall–Kier alpha value is -2.44. The van der Waals surface area contributed by atoms with Gasteiger partial charge in [0.05, 0.1) is 0 Å². The van der Waals surface area contributed by atoms with Crippen molar-refractivity contribution in [3.8, 4) is 0 Å². The summed E-state index contributed by atoms with van der Waals surface area (Å²) in [5.74, 6) is -2.13. The maximum atomic E-state index is 11.3. The summed E-state index contributed by atoms with van der Waals surface area (Å²) in [5.41, 5.74) is 6.72. The van der Waals surface area contributed by atoms with Gasteiger partial charge >= 0.3 is 11.9 Å². The molecule has 21 heavy (non-hydrogen) atoms. The standard InChI is InChI=1S/C15H16N2O4/c1-17-13(15(20)21)11-7-3-4-8-9(11)5-2-6-10(8)12(16)14(18)19/h2-7,12-13,17H,16H2,1H3,(H,18,19)(H,20,21). The Morgan fingerprint density at radius 2 is 1.52 bits per heavy atom. The van der Waals surface area contributed by atoms with Gasteiger partial charge in [-0.1, -0.05) is 36.4 Å². The number of benzene rings is 2. The second kappa shape index (κ2) is 5.90. The summed E-state index contributed by atoms with van der Waals surface area (Å²) in [7, 11) is 1.56. The molecule has 6 nitrogen and oxygen atoms in total. The fourth-order valence-electron chi connectivity index (χ4n) is 2.43. The van der Waals surface area contributed by atoms with Crippen LogP contribution in [0.15, 0.2) is 36.4 Å². The summed E-state index contributed by atoms with van der Waals surface area (Å²) < 4.78 is 0. The van der Waals surface area contributed by atoms with Crippen LogP contribution in [0.4, 0.5) is 0 Å². The van der Waals surface area contributed by atoms with Gasteiger partial charge in [0.15, 0.2) is 0 Å². The molecular formula is C15H16N2O4. The van der Waals surface area contributed by atoms with Crippen LogP contribution in [0.2, 0.25) is 0 Å². The highest BCUT2D eigenvalue weighted by atomic mass is 16.4. The van der Waals surface area contributed by atoms with E-state index in [1.54, 1.807) is 43.4 Å². The van der Waals surface area contributed by atoms with Crippen LogP contribution in [-0.2, 0) is 9.59 Å². The Bertz CT molecular complexity index is 699. The molecule has 0 saturated heterocycles. The average molecular weight is 288 g/mol. The number of likely N-dealkylation sites (N-methyl/N-ethyl adjacent to an activating group) is 1. The monoisotopic (exact) mass is 288 g/mol. The van der Waals surface area contributed by atoms with E-state index >= 15 is 0 Å². The largest absolute Gasteiger partial charge is 0.480 e. The third-order valence-corrected chi connectivity index (χ3v) is 3.44. The number of hydrogen-bond acceptors (Lipinski definition) is 4. The lowest BCUT2D eigenvalue weighted by Gasteiger charge is -2.17. The fraction of sp³-hybridized carbons (Fsp3) is 0.200. The first kappa shape index (κ1) is 15.0. The molecule has 0 aliphatic carbocycles. The summed E-state index contributed by atoms with van der Waals surface area (Å²) >= 11 is 0. The van der Waals surface area contributed by atoms with Crippen molar-refractivity contribution in [1.82, 2.24) is 5.32 Å². The van der Waals surface area contributed by atoms with Crippen LogP contribution in [0.25, 0.3) is 10.8 Å². The molecule has 0 bridgehead atoms. The molecule has 0 radical (unpaired) electrons. The van der Waals surface area contributed by atoms with Gasteiger partial charge in [-0.3, -0.25) is 9.59 Å². The normalized spacial score (nSPS) is 13.8. The number of nitrogens with two attached hydrogens (primary N) is 1. The molecular weight excluding hydrogens is 272 g/mol. The van der Waals surface area contributed by atoms with Crippen molar-refractivity contribution in [2.24, 2.45) is 5.73 Å². The maximum Gasteiger partial charge on any atom is 0.325 e. The Balaban J connectivity index is 2.69. The summed E-state index contributed by atoms with van der Waals surface area (Å²) in [6.07, 6.45) is 0. The van der Waals surface area contributed by atoms with Crippen molar-refractivity contribution < 1.29 is 19.8 Å². The zero-order chi connectivity index (χ0) is 15.6. The molecule has 5 N–H and O–H groups in total. The van der Waals surface area contributed by atoms with Gasteiger partial charge in [0.2, 0.25) is 0 Å². The molecule has 0 saturated carbocycles. The second-order valence-electron chi connectivity index (χ2n) is 4.67. The molecule has 2 aromatic carbocycles. The minimum absolute atomic E-state index is 0.460. The smallest absolute Gasteiger partial charge is 0.325 e. The molecule has 0 aliphatic heterocycles. The Morgan fingerprint density at radius 3 is 2.00 bits per heavy atom. The van der Waals surface area contributed by atoms with Gasteiger partial charge in [0.25, 0.3) is 0 Å². The predicted molar refractivity (Wildman–Crippen MR) is 77.9 cm³/mol. The van der Waals surface area contributed by atoms with E-state index in [0.29, 0.717) is 21.9 Å². The highest BCUT2D eigenvalue weighted by Gasteiger charge is 2.22. The maximum absolute atomic E-state index is 11.3. The summed E-state index contributed by atoms with van der Waals surface area (Å²) in [6, 6.07) is 8.20. The first-order chi connectivity index (χ1) is 9.97. The van der Waals surface area contributed by atoms with Crippen LogP contribution in [0.5, 0.6) is 0 Å². The van der Waals surface area contributed by atoms with Gasteiger partial charge < -0.3 is 21.3 Å². The third kappa shape index (κ3) is 2.72. The zero-order valence-electron chi connectivity index (χ0n) is 11.4. The Kier molecular flexibility index (Phi) is 4.21. The highest BCUT2D eigenvalue weighted by molar-refractivity contribution is 5.95. The second-order valence-corrected chi connectivity index (χ2v) is 4.67. The average Bonchev–Trinajstić information content (AvgIpc) is 2.46. The number of rotatable bonds is 5. The molecule has 0 fully saturated rings. The van der Waals surface area contributed by atoms with Gasteiger partial charge in [-0.15, -0.1) is 0 Å². The van der Waals surface area contributed by atoms with Crippen LogP contribution >= 0.6 is 0 Å². The number of fused-ring (bicyclic) bond motifs is 1. The number of carbonyl (C=O) groups is 2. The van der Waals surface area contributed by atoms with E-state index in [-0.39, 0.29) is 0 Å². The van der Waals surface area contributed by atoms with Crippen molar-refractivity contribution in [1.29, 1.82) is 0 Å². The van der Waals surface area contributed by atoms with E-state index in [1.807, 2.05) is 0 Å². The number of carboxylic acid groups (broad SMARTS) is 2. The quantitative estimate of drug-likeness (QED) is 0.659. The van der Waals surface area contributed by atoms with Crippen LogP contribution in [-0.4, -0.2) is 29.2 Å². The summed E-state index contributed by atoms with van der Waals surface area (Å²) in [4.78, 5) is 22.4. The first-order valence-electron chi connectivity index (χ1n) is 6.37. The molecule has 2 unspecified atom stereocenters. The van der Waals surface area contributed by atoms with Crippen LogP contribution in [0.3, 0.4) is 0 Å². The van der Waals surface area contributed by atoms with Gasteiger partial charge in [-0.25, -0.2) is 0 Å². The van der Waals surface area contributed by atoms with E-state index < -0.39 is 24.0 Å². The van der Waals surface area contributed by atoms with Crippen LogP contribution < -0.4 is 11.1 Å². The predicted octanol–water partition coefficient (Wildman–Crippen LogP) is 1.27. The molecule has 2 rings (SSSR count). The van der Waals surface area contributed by atoms with Crippen molar-refractivity contribution in [2.45, 2.75) is 12.1 Å². The molecule has 0 heterocycles. The van der Waals surface area contributed by atoms with Gasteiger partial charge in [0, 0.05) is 0 Å². The topological polar surface area (TPSA) is 113 Å². The Labute approximate surface area is 121 Å². The summed E-state index contributed by atoms with van der Waals surface area (Å²) in [5, 5.41) is 22.4. The molecule has 0 spiro atoms. The molecule has 0 aliphatic rings. The van der Waals surface area contributed by atoms with Gasteiger partial charge in [-0.05, 0) is 28.9 Å². The SMILES string of the molecule is CNC(C(=O)O)c1cccc2c(C(N)C(=O)O)cccc12. The Morgan fingerprint density at radius 1 is 1.00 bits per heavy atom. The number of aliphatic carboxylic acids is 2. The molecule has 0 amide bonds. The first-order valence-corrected chi connectivity index (χ1v) is 6.37. The molecule has 110 valence electrons. The third-order valence-electron chi connectivity index (χ3n) is 3.44. The minimum Gasteiger partial charge on any atom is -0.480 e.